The van der Waals surface area contributed by atoms with Gasteiger partial charge in [0.05, 0.1) is 11.8 Å². The number of nitrogens with one attached hydrogen (secondary N) is 2. The van der Waals surface area contributed by atoms with Crippen LogP contribution in [0.15, 0.2) is 0 Å². The molecule has 0 aliphatic heterocycles. The van der Waals surface area contributed by atoms with Crippen molar-refractivity contribution in [1.29, 1.82) is 0 Å². The summed E-state index contributed by atoms with van der Waals surface area (Å²) in [5.74, 6) is 0.414. The molecule has 6 heteroatoms. The minimum Gasteiger partial charge on any atom is -0.368 e. The van der Waals surface area contributed by atoms with Gasteiger partial charge in [-0.2, -0.15) is 0 Å². The predicted octanol–water partition coefficient (Wildman–Crippen LogP) is -1.46. The van der Waals surface area contributed by atoms with Gasteiger partial charge in [0.25, 0.3) is 0 Å². The molecule has 0 aliphatic rings. The molecule has 5 nitrogen and oxygen atoms in total. The van der Waals surface area contributed by atoms with Gasteiger partial charge >= 0.3 is 0 Å². The molecule has 0 spiro atoms. The zero-order valence-corrected chi connectivity index (χ0v) is 8.61. The average Bonchev–Trinajstić information content (AvgIpc) is 2.11. The molecular weight excluding hydrogens is 190 g/mol. The number of hydrogen-bond donors (Lipinski definition) is 3. The third kappa shape index (κ3) is 5.48. The Hall–Kier alpha value is -0.750. The Labute approximate surface area is 81.8 Å². The van der Waals surface area contributed by atoms with Gasteiger partial charge in [0.15, 0.2) is 0 Å². The van der Waals surface area contributed by atoms with Gasteiger partial charge in [-0.25, -0.2) is 0 Å². The van der Waals surface area contributed by atoms with Crippen molar-refractivity contribution in [1.82, 2.24) is 10.6 Å². The number of rotatable bonds is 6. The number of likely N-dealkylation sites (N-methyl/N-ethyl adjacent to an activating group) is 1. The minimum atomic E-state index is -0.396. The van der Waals surface area contributed by atoms with Crippen molar-refractivity contribution in [3.05, 3.63) is 0 Å². The monoisotopic (exact) mass is 205 g/mol. The van der Waals surface area contributed by atoms with Gasteiger partial charge in [-0.1, -0.05) is 0 Å². The highest BCUT2D eigenvalue weighted by molar-refractivity contribution is 8.00. The van der Waals surface area contributed by atoms with Gasteiger partial charge in [-0.05, 0) is 7.05 Å². The minimum absolute atomic E-state index is 0.0516. The fourth-order valence-corrected chi connectivity index (χ4v) is 1.66. The third-order valence-corrected chi connectivity index (χ3v) is 2.52. The maximum atomic E-state index is 10.8. The molecule has 0 aromatic rings. The van der Waals surface area contributed by atoms with Crippen LogP contribution in [-0.2, 0) is 9.59 Å². The second-order valence-electron chi connectivity index (χ2n) is 2.43. The molecule has 2 amide bonds. The molecule has 0 aromatic carbocycles. The molecule has 0 heterocycles. The summed E-state index contributed by atoms with van der Waals surface area (Å²) in [6, 6.07) is -0.366. The largest absolute Gasteiger partial charge is 0.368 e. The first-order chi connectivity index (χ1) is 6.11. The Morgan fingerprint density at radius 3 is 2.46 bits per heavy atom. The highest BCUT2D eigenvalue weighted by atomic mass is 32.2. The quantitative estimate of drug-likeness (QED) is 0.495. The number of carbonyl (C=O) groups excluding carboxylic acids is 2. The van der Waals surface area contributed by atoms with E-state index < -0.39 is 5.91 Å². The lowest BCUT2D eigenvalue weighted by atomic mass is 10.3. The summed E-state index contributed by atoms with van der Waals surface area (Å²) in [6.07, 6.45) is 0. The number of amides is 2. The van der Waals surface area contributed by atoms with Crippen LogP contribution in [0.5, 0.6) is 0 Å². The molecule has 0 saturated heterocycles. The maximum Gasteiger partial charge on any atom is 0.235 e. The lowest BCUT2D eigenvalue weighted by Crippen LogP contribution is -2.41. The molecule has 76 valence electrons. The van der Waals surface area contributed by atoms with Crippen molar-refractivity contribution >= 4 is 23.6 Å². The van der Waals surface area contributed by atoms with E-state index in [0.29, 0.717) is 11.5 Å². The summed E-state index contributed by atoms with van der Waals surface area (Å²) >= 11 is 1.37. The second-order valence-corrected chi connectivity index (χ2v) is 3.46. The molecule has 0 aliphatic carbocycles. The molecule has 0 radical (unpaired) electrons. The van der Waals surface area contributed by atoms with E-state index in [4.69, 9.17) is 5.73 Å². The normalized spacial score (nSPS) is 12.2. The number of nitrogens with two attached hydrogens (primary N) is 1. The first-order valence-electron chi connectivity index (χ1n) is 3.86. The topological polar surface area (TPSA) is 84.2 Å². The van der Waals surface area contributed by atoms with E-state index in [1.54, 1.807) is 14.1 Å². The van der Waals surface area contributed by atoms with Crippen LogP contribution in [0, 0.1) is 0 Å². The van der Waals surface area contributed by atoms with E-state index in [-0.39, 0.29) is 11.9 Å². The third-order valence-electron chi connectivity index (χ3n) is 1.49. The first kappa shape index (κ1) is 12.2. The van der Waals surface area contributed by atoms with Crippen molar-refractivity contribution < 1.29 is 9.59 Å². The molecular formula is C7H15N3O2S. The van der Waals surface area contributed by atoms with Crippen LogP contribution in [-0.4, -0.2) is 43.5 Å². The van der Waals surface area contributed by atoms with Crippen molar-refractivity contribution in [2.24, 2.45) is 5.73 Å². The fraction of sp³-hybridized carbons (Fsp3) is 0.714. The molecule has 13 heavy (non-hydrogen) atoms. The van der Waals surface area contributed by atoms with Crippen LogP contribution < -0.4 is 16.4 Å². The first-order valence-corrected chi connectivity index (χ1v) is 5.02. The number of primary amides is 1. The summed E-state index contributed by atoms with van der Waals surface area (Å²) in [6.45, 7) is 0. The number of thioether (sulfide) groups is 1. The fourth-order valence-electron chi connectivity index (χ4n) is 0.649. The van der Waals surface area contributed by atoms with Gasteiger partial charge in [0.2, 0.25) is 11.8 Å². The van der Waals surface area contributed by atoms with Crippen LogP contribution in [0.3, 0.4) is 0 Å². The van der Waals surface area contributed by atoms with E-state index in [9.17, 15) is 9.59 Å². The van der Waals surface area contributed by atoms with E-state index in [0.717, 1.165) is 0 Å². The Kier molecular flexibility index (Phi) is 6.34. The smallest absolute Gasteiger partial charge is 0.235 e. The Morgan fingerprint density at radius 2 is 2.08 bits per heavy atom. The standard InChI is InChI=1S/C7H15N3O2S/c1-9-5(7(8)12)3-13-4-6(11)10-2/h5,9H,3-4H2,1-2H3,(H2,8,12)(H,10,11). The Morgan fingerprint density at radius 1 is 1.46 bits per heavy atom. The Bertz CT molecular complexity index is 187. The molecule has 1 unspecified atom stereocenters. The number of carbonyl (C=O) groups is 2. The number of hydrogen-bond acceptors (Lipinski definition) is 4. The maximum absolute atomic E-state index is 10.8. The van der Waals surface area contributed by atoms with Gasteiger partial charge in [0, 0.05) is 12.8 Å². The summed E-state index contributed by atoms with van der Waals surface area (Å²) in [5, 5.41) is 5.26. The lowest BCUT2D eigenvalue weighted by Gasteiger charge is -2.10. The van der Waals surface area contributed by atoms with Gasteiger partial charge in [-0.15, -0.1) is 11.8 Å². The molecule has 0 aromatic heterocycles. The average molecular weight is 205 g/mol. The Balaban J connectivity index is 3.61. The summed E-state index contributed by atoms with van der Waals surface area (Å²) < 4.78 is 0. The van der Waals surface area contributed by atoms with Crippen molar-refractivity contribution in [3.63, 3.8) is 0 Å². The predicted molar refractivity (Wildman–Crippen MR) is 53.4 cm³/mol. The lowest BCUT2D eigenvalue weighted by molar-refractivity contribution is -0.119. The molecule has 0 rings (SSSR count). The van der Waals surface area contributed by atoms with Crippen LogP contribution in [0.1, 0.15) is 0 Å². The summed E-state index contributed by atoms with van der Waals surface area (Å²) in [7, 11) is 3.24. The van der Waals surface area contributed by atoms with E-state index in [1.807, 2.05) is 0 Å². The van der Waals surface area contributed by atoms with Gasteiger partial charge < -0.3 is 16.4 Å². The SMILES string of the molecule is CNC(=O)CSCC(NC)C(N)=O. The molecule has 4 N–H and O–H groups in total. The van der Waals surface area contributed by atoms with Crippen molar-refractivity contribution in [2.45, 2.75) is 6.04 Å². The van der Waals surface area contributed by atoms with E-state index in [2.05, 4.69) is 10.6 Å². The molecule has 1 atom stereocenters. The van der Waals surface area contributed by atoms with E-state index >= 15 is 0 Å². The molecule has 0 fully saturated rings. The van der Waals surface area contributed by atoms with Crippen LogP contribution in [0.2, 0.25) is 0 Å². The van der Waals surface area contributed by atoms with Crippen molar-refractivity contribution in [2.75, 3.05) is 25.6 Å². The van der Waals surface area contributed by atoms with Gasteiger partial charge in [-0.3, -0.25) is 9.59 Å². The highest BCUT2D eigenvalue weighted by Gasteiger charge is 2.12. The summed E-state index contributed by atoms with van der Waals surface area (Å²) in [4.78, 5) is 21.5. The summed E-state index contributed by atoms with van der Waals surface area (Å²) in [5.41, 5.74) is 5.08. The van der Waals surface area contributed by atoms with Crippen molar-refractivity contribution in [3.8, 4) is 0 Å². The molecule has 0 bridgehead atoms. The van der Waals surface area contributed by atoms with Crippen LogP contribution in [0.25, 0.3) is 0 Å². The van der Waals surface area contributed by atoms with Gasteiger partial charge in [0.1, 0.15) is 0 Å². The zero-order chi connectivity index (χ0) is 10.3. The van der Waals surface area contributed by atoms with Crippen LogP contribution >= 0.6 is 11.8 Å². The zero-order valence-electron chi connectivity index (χ0n) is 7.79. The van der Waals surface area contributed by atoms with Crippen LogP contribution in [0.4, 0.5) is 0 Å². The highest BCUT2D eigenvalue weighted by Crippen LogP contribution is 2.01. The second kappa shape index (κ2) is 6.73. The molecule has 0 saturated carbocycles. The van der Waals surface area contributed by atoms with E-state index in [1.165, 1.54) is 11.8 Å².